The van der Waals surface area contributed by atoms with E-state index in [4.69, 9.17) is 4.74 Å². The quantitative estimate of drug-likeness (QED) is 0.866. The van der Waals surface area contributed by atoms with Gasteiger partial charge in [0.05, 0.1) is 23.9 Å². The van der Waals surface area contributed by atoms with Gasteiger partial charge < -0.3 is 10.1 Å². The van der Waals surface area contributed by atoms with E-state index in [1.807, 2.05) is 0 Å². The molecule has 0 saturated heterocycles. The third-order valence-corrected chi connectivity index (χ3v) is 4.85. The summed E-state index contributed by atoms with van der Waals surface area (Å²) in [6.07, 6.45) is 0.480. The maximum absolute atomic E-state index is 12.7. The highest BCUT2D eigenvalue weighted by molar-refractivity contribution is 7.99. The molecular weight excluding hydrogens is 326 g/mol. The second-order valence-corrected chi connectivity index (χ2v) is 6.30. The molecule has 0 atom stereocenters. The lowest BCUT2D eigenvalue weighted by Crippen LogP contribution is -2.18. The van der Waals surface area contributed by atoms with Gasteiger partial charge in [-0.2, -0.15) is 0 Å². The molecule has 1 heterocycles. The maximum Gasteiger partial charge on any atom is 0.339 e. The number of esters is 1. The number of benzene rings is 2. The number of methoxy groups -OCH3 is 1. The third kappa shape index (κ3) is 3.05. The zero-order valence-corrected chi connectivity index (χ0v) is 13.8. The first-order valence-electron chi connectivity index (χ1n) is 7.39. The normalized spacial score (nSPS) is 13.1. The van der Waals surface area contributed by atoms with Crippen molar-refractivity contribution in [2.75, 3.05) is 18.2 Å². The van der Waals surface area contributed by atoms with Gasteiger partial charge in [0, 0.05) is 22.6 Å². The molecular formula is C18H15NO4S. The number of para-hydroxylation sites is 1. The molecule has 3 rings (SSSR count). The zero-order chi connectivity index (χ0) is 17.1. The summed E-state index contributed by atoms with van der Waals surface area (Å²) >= 11 is 1.50. The molecule has 1 aliphatic rings. The molecule has 0 saturated carbocycles. The smallest absolute Gasteiger partial charge is 0.339 e. The minimum absolute atomic E-state index is 0.0494. The minimum atomic E-state index is -0.523. The number of fused-ring (bicyclic) bond motifs is 1. The number of hydrogen-bond acceptors (Lipinski definition) is 5. The van der Waals surface area contributed by atoms with Gasteiger partial charge in [-0.15, -0.1) is 11.8 Å². The largest absolute Gasteiger partial charge is 0.465 e. The van der Waals surface area contributed by atoms with Crippen LogP contribution in [0.3, 0.4) is 0 Å². The van der Waals surface area contributed by atoms with Gasteiger partial charge in [0.1, 0.15) is 0 Å². The fraction of sp³-hybridized carbons (Fsp3) is 0.167. The van der Waals surface area contributed by atoms with E-state index >= 15 is 0 Å². The average molecular weight is 341 g/mol. The van der Waals surface area contributed by atoms with E-state index in [1.165, 1.54) is 18.9 Å². The molecule has 0 aromatic heterocycles. The number of hydrogen-bond donors (Lipinski definition) is 1. The Morgan fingerprint density at radius 3 is 2.62 bits per heavy atom. The topological polar surface area (TPSA) is 72.5 Å². The van der Waals surface area contributed by atoms with E-state index in [0.717, 1.165) is 0 Å². The molecule has 0 aliphatic carbocycles. The summed E-state index contributed by atoms with van der Waals surface area (Å²) in [4.78, 5) is 37.2. The Balaban J connectivity index is 1.94. The summed E-state index contributed by atoms with van der Waals surface area (Å²) in [5.74, 6) is -0.168. The number of ether oxygens (including phenoxy) is 1. The first-order chi connectivity index (χ1) is 11.6. The summed E-state index contributed by atoms with van der Waals surface area (Å²) in [5, 5.41) is 2.74. The SMILES string of the molecule is COC(=O)c1ccccc1NC(=O)c1cccc2c1SCCC2=O. The molecule has 0 radical (unpaired) electrons. The third-order valence-electron chi connectivity index (χ3n) is 3.72. The Morgan fingerprint density at radius 2 is 1.83 bits per heavy atom. The van der Waals surface area contributed by atoms with Crippen molar-refractivity contribution in [3.8, 4) is 0 Å². The fourth-order valence-electron chi connectivity index (χ4n) is 2.54. The van der Waals surface area contributed by atoms with Crippen LogP contribution in [0.5, 0.6) is 0 Å². The molecule has 24 heavy (non-hydrogen) atoms. The van der Waals surface area contributed by atoms with Gasteiger partial charge in [0.2, 0.25) is 0 Å². The Hall–Kier alpha value is -2.60. The predicted octanol–water partition coefficient (Wildman–Crippen LogP) is 3.40. The lowest BCUT2D eigenvalue weighted by molar-refractivity contribution is 0.0601. The van der Waals surface area contributed by atoms with Crippen molar-refractivity contribution < 1.29 is 19.1 Å². The van der Waals surface area contributed by atoms with Crippen molar-refractivity contribution in [3.05, 3.63) is 59.2 Å². The van der Waals surface area contributed by atoms with Crippen molar-refractivity contribution in [1.29, 1.82) is 0 Å². The summed E-state index contributed by atoms with van der Waals surface area (Å²) in [7, 11) is 1.29. The van der Waals surface area contributed by atoms with Crippen LogP contribution in [-0.4, -0.2) is 30.5 Å². The number of thioether (sulfide) groups is 1. The predicted molar refractivity (Wildman–Crippen MR) is 91.8 cm³/mol. The van der Waals surface area contributed by atoms with Crippen molar-refractivity contribution in [3.63, 3.8) is 0 Å². The van der Waals surface area contributed by atoms with Crippen LogP contribution in [0.15, 0.2) is 47.4 Å². The monoisotopic (exact) mass is 341 g/mol. The zero-order valence-electron chi connectivity index (χ0n) is 13.0. The number of anilines is 1. The number of Topliss-reactive ketones (excluding diaryl/α,β-unsaturated/α-hetero) is 1. The van der Waals surface area contributed by atoms with Gasteiger partial charge in [0.25, 0.3) is 5.91 Å². The highest BCUT2D eigenvalue weighted by Crippen LogP contribution is 2.33. The molecule has 0 unspecified atom stereocenters. The molecule has 0 fully saturated rings. The van der Waals surface area contributed by atoms with E-state index in [2.05, 4.69) is 5.32 Å². The number of carbonyl (C=O) groups excluding carboxylic acids is 3. The molecule has 122 valence electrons. The van der Waals surface area contributed by atoms with Crippen LogP contribution in [-0.2, 0) is 4.74 Å². The number of ketones is 1. The van der Waals surface area contributed by atoms with Crippen LogP contribution >= 0.6 is 11.8 Å². The van der Waals surface area contributed by atoms with Gasteiger partial charge in [-0.3, -0.25) is 9.59 Å². The van der Waals surface area contributed by atoms with Crippen molar-refractivity contribution in [2.24, 2.45) is 0 Å². The maximum atomic E-state index is 12.7. The van der Waals surface area contributed by atoms with Crippen LogP contribution in [0.25, 0.3) is 0 Å². The first-order valence-corrected chi connectivity index (χ1v) is 8.38. The lowest BCUT2D eigenvalue weighted by atomic mass is 10.0. The van der Waals surface area contributed by atoms with Crippen LogP contribution in [0.2, 0.25) is 0 Å². The van der Waals surface area contributed by atoms with Crippen LogP contribution in [0, 0.1) is 0 Å². The Kier molecular flexibility index (Phi) is 4.66. The van der Waals surface area contributed by atoms with Crippen molar-refractivity contribution in [1.82, 2.24) is 0 Å². The fourth-order valence-corrected chi connectivity index (χ4v) is 3.69. The molecule has 1 aliphatic heterocycles. The number of nitrogens with one attached hydrogen (secondary N) is 1. The second kappa shape index (κ2) is 6.88. The van der Waals surface area contributed by atoms with E-state index in [1.54, 1.807) is 42.5 Å². The number of carbonyl (C=O) groups is 3. The number of amides is 1. The highest BCUT2D eigenvalue weighted by atomic mass is 32.2. The van der Waals surface area contributed by atoms with Gasteiger partial charge in [0.15, 0.2) is 5.78 Å². The molecule has 1 N–H and O–H groups in total. The van der Waals surface area contributed by atoms with Crippen molar-refractivity contribution in [2.45, 2.75) is 11.3 Å². The van der Waals surface area contributed by atoms with Gasteiger partial charge >= 0.3 is 5.97 Å². The molecule has 0 spiro atoms. The van der Waals surface area contributed by atoms with Crippen molar-refractivity contribution >= 4 is 35.1 Å². The second-order valence-electron chi connectivity index (χ2n) is 5.20. The van der Waals surface area contributed by atoms with Gasteiger partial charge in [-0.1, -0.05) is 24.3 Å². The average Bonchev–Trinajstić information content (AvgIpc) is 2.61. The number of rotatable bonds is 3. The summed E-state index contributed by atoms with van der Waals surface area (Å²) in [5.41, 5.74) is 1.67. The molecule has 6 heteroatoms. The Bertz CT molecular complexity index is 832. The van der Waals surface area contributed by atoms with E-state index in [0.29, 0.717) is 33.9 Å². The standard InChI is InChI=1S/C18H15NO4S/c1-23-18(22)11-5-2-3-8-14(11)19-17(21)13-7-4-6-12-15(20)9-10-24-16(12)13/h2-8H,9-10H2,1H3,(H,19,21). The molecule has 5 nitrogen and oxygen atoms in total. The first kappa shape index (κ1) is 16.3. The lowest BCUT2D eigenvalue weighted by Gasteiger charge is -2.18. The summed E-state index contributed by atoms with van der Waals surface area (Å²) in [6, 6.07) is 11.8. The molecule has 1 amide bonds. The van der Waals surface area contributed by atoms with Crippen LogP contribution < -0.4 is 5.32 Å². The minimum Gasteiger partial charge on any atom is -0.465 e. The van der Waals surface area contributed by atoms with Crippen LogP contribution in [0.4, 0.5) is 5.69 Å². The Labute approximate surface area is 143 Å². The molecule has 0 bridgehead atoms. The summed E-state index contributed by atoms with van der Waals surface area (Å²) < 4.78 is 4.73. The summed E-state index contributed by atoms with van der Waals surface area (Å²) in [6.45, 7) is 0. The molecule has 2 aromatic carbocycles. The van der Waals surface area contributed by atoms with E-state index < -0.39 is 5.97 Å². The Morgan fingerprint density at radius 1 is 1.08 bits per heavy atom. The molecule has 2 aromatic rings. The van der Waals surface area contributed by atoms with Crippen LogP contribution in [0.1, 0.15) is 37.5 Å². The van der Waals surface area contributed by atoms with Gasteiger partial charge in [-0.25, -0.2) is 4.79 Å². The van der Waals surface area contributed by atoms with E-state index in [-0.39, 0.29) is 17.3 Å². The highest BCUT2D eigenvalue weighted by Gasteiger charge is 2.24. The van der Waals surface area contributed by atoms with Gasteiger partial charge in [-0.05, 0) is 18.2 Å². The van der Waals surface area contributed by atoms with E-state index in [9.17, 15) is 14.4 Å².